The molecule has 0 fully saturated rings. The molecule has 2 N–H and O–H groups in total. The molecular formula is C19H19N5O2. The van der Waals surface area contributed by atoms with Gasteiger partial charge in [0.1, 0.15) is 17.3 Å². The molecule has 2 aromatic heterocycles. The average molecular weight is 349 g/mol. The van der Waals surface area contributed by atoms with Crippen molar-refractivity contribution in [1.82, 2.24) is 20.3 Å². The normalized spacial score (nSPS) is 10.2. The van der Waals surface area contributed by atoms with Gasteiger partial charge in [0.25, 0.3) is 5.91 Å². The lowest BCUT2D eigenvalue weighted by Gasteiger charge is -2.11. The Hall–Kier alpha value is -3.48. The summed E-state index contributed by atoms with van der Waals surface area (Å²) in [5.74, 6) is 0.949. The highest BCUT2D eigenvalue weighted by atomic mass is 16.5. The minimum atomic E-state index is -0.283. The molecule has 3 aromatic rings. The molecule has 0 bridgehead atoms. The number of hydrogen-bond acceptors (Lipinski definition) is 6. The summed E-state index contributed by atoms with van der Waals surface area (Å²) in [6.07, 6.45) is 6.32. The summed E-state index contributed by atoms with van der Waals surface area (Å²) in [7, 11) is 1.61. The topological polar surface area (TPSA) is 89.0 Å². The van der Waals surface area contributed by atoms with Crippen LogP contribution in [-0.4, -0.2) is 28.0 Å². The van der Waals surface area contributed by atoms with E-state index in [9.17, 15) is 4.79 Å². The van der Waals surface area contributed by atoms with Crippen LogP contribution in [0.1, 0.15) is 21.6 Å². The molecule has 0 radical (unpaired) electrons. The number of anilines is 2. The molecule has 26 heavy (non-hydrogen) atoms. The number of aromatic nitrogens is 3. The van der Waals surface area contributed by atoms with Gasteiger partial charge in [-0.1, -0.05) is 6.07 Å². The smallest absolute Gasteiger partial charge is 0.271 e. The molecule has 0 spiro atoms. The van der Waals surface area contributed by atoms with Gasteiger partial charge in [0, 0.05) is 18.9 Å². The standard InChI is InChI=1S/C19H19N5O2/c1-13-3-4-17(26-2)15(9-13)24-18-12-21-16(11-22-18)19(25)23-10-14-5-7-20-8-6-14/h3-9,11-12H,10H2,1-2H3,(H,22,24)(H,23,25). The lowest BCUT2D eigenvalue weighted by Crippen LogP contribution is -2.24. The lowest BCUT2D eigenvalue weighted by atomic mass is 10.2. The summed E-state index contributed by atoms with van der Waals surface area (Å²) in [5, 5.41) is 5.95. The molecule has 2 heterocycles. The summed E-state index contributed by atoms with van der Waals surface area (Å²) in [6.45, 7) is 2.40. The highest BCUT2D eigenvalue weighted by Crippen LogP contribution is 2.27. The Bertz CT molecular complexity index is 882. The van der Waals surface area contributed by atoms with Gasteiger partial charge in [0.15, 0.2) is 0 Å². The molecule has 0 aliphatic rings. The summed E-state index contributed by atoms with van der Waals surface area (Å²) < 4.78 is 5.33. The monoisotopic (exact) mass is 349 g/mol. The third-order valence-corrected chi connectivity index (χ3v) is 3.70. The number of carbonyl (C=O) groups is 1. The molecule has 1 amide bonds. The highest BCUT2D eigenvalue weighted by molar-refractivity contribution is 5.92. The first-order chi connectivity index (χ1) is 12.7. The molecule has 0 aliphatic heterocycles. The van der Waals surface area contributed by atoms with Gasteiger partial charge in [-0.2, -0.15) is 0 Å². The van der Waals surface area contributed by atoms with Crippen molar-refractivity contribution in [2.75, 3.05) is 12.4 Å². The fourth-order valence-electron chi connectivity index (χ4n) is 2.34. The number of nitrogens with one attached hydrogen (secondary N) is 2. The molecular weight excluding hydrogens is 330 g/mol. The first-order valence-electron chi connectivity index (χ1n) is 8.06. The van der Waals surface area contributed by atoms with Gasteiger partial charge < -0.3 is 15.4 Å². The van der Waals surface area contributed by atoms with E-state index in [1.54, 1.807) is 19.5 Å². The van der Waals surface area contributed by atoms with E-state index in [0.29, 0.717) is 18.1 Å². The number of nitrogens with zero attached hydrogens (tertiary/aromatic N) is 3. The zero-order valence-corrected chi connectivity index (χ0v) is 14.6. The Morgan fingerprint density at radius 3 is 2.62 bits per heavy atom. The number of rotatable bonds is 6. The van der Waals surface area contributed by atoms with Crippen molar-refractivity contribution in [3.63, 3.8) is 0 Å². The second-order valence-electron chi connectivity index (χ2n) is 5.65. The molecule has 0 saturated heterocycles. The van der Waals surface area contributed by atoms with Crippen molar-refractivity contribution in [2.24, 2.45) is 0 Å². The molecule has 1 aromatic carbocycles. The number of hydrogen-bond donors (Lipinski definition) is 2. The minimum Gasteiger partial charge on any atom is -0.495 e. The molecule has 0 saturated carbocycles. The van der Waals surface area contributed by atoms with Crippen LogP contribution in [0.25, 0.3) is 0 Å². The van der Waals surface area contributed by atoms with Crippen molar-refractivity contribution >= 4 is 17.4 Å². The van der Waals surface area contributed by atoms with Gasteiger partial charge in [-0.3, -0.25) is 9.78 Å². The maximum absolute atomic E-state index is 12.2. The van der Waals surface area contributed by atoms with Crippen molar-refractivity contribution < 1.29 is 9.53 Å². The van der Waals surface area contributed by atoms with E-state index in [-0.39, 0.29) is 11.6 Å². The van der Waals surface area contributed by atoms with Crippen molar-refractivity contribution in [3.8, 4) is 5.75 Å². The van der Waals surface area contributed by atoms with Crippen molar-refractivity contribution in [1.29, 1.82) is 0 Å². The van der Waals surface area contributed by atoms with E-state index in [0.717, 1.165) is 16.8 Å². The van der Waals surface area contributed by atoms with Gasteiger partial charge >= 0.3 is 0 Å². The maximum Gasteiger partial charge on any atom is 0.271 e. The Kier molecular flexibility index (Phi) is 5.38. The number of aryl methyl sites for hydroxylation is 1. The Morgan fingerprint density at radius 1 is 1.12 bits per heavy atom. The van der Waals surface area contributed by atoms with Crippen LogP contribution >= 0.6 is 0 Å². The molecule has 7 heteroatoms. The largest absolute Gasteiger partial charge is 0.495 e. The number of amides is 1. The van der Waals surface area contributed by atoms with Crippen LogP contribution in [0.5, 0.6) is 5.75 Å². The zero-order valence-electron chi connectivity index (χ0n) is 14.6. The van der Waals surface area contributed by atoms with Gasteiger partial charge in [0.2, 0.25) is 0 Å². The van der Waals surface area contributed by atoms with E-state index in [2.05, 4.69) is 25.6 Å². The van der Waals surface area contributed by atoms with Crippen LogP contribution in [0, 0.1) is 6.92 Å². The van der Waals surface area contributed by atoms with Crippen molar-refractivity contribution in [3.05, 3.63) is 71.9 Å². The Labute approximate surface area is 151 Å². The lowest BCUT2D eigenvalue weighted by molar-refractivity contribution is 0.0945. The minimum absolute atomic E-state index is 0.251. The summed E-state index contributed by atoms with van der Waals surface area (Å²) >= 11 is 0. The SMILES string of the molecule is COc1ccc(C)cc1Nc1cnc(C(=O)NCc2ccncc2)cn1. The fraction of sp³-hybridized carbons (Fsp3) is 0.158. The van der Waals surface area contributed by atoms with Gasteiger partial charge in [-0.05, 0) is 42.3 Å². The second-order valence-corrected chi connectivity index (χ2v) is 5.65. The number of benzene rings is 1. The van der Waals surface area contributed by atoms with E-state index >= 15 is 0 Å². The summed E-state index contributed by atoms with van der Waals surface area (Å²) in [6, 6.07) is 9.48. The van der Waals surface area contributed by atoms with Crippen LogP contribution in [0.2, 0.25) is 0 Å². The number of pyridine rings is 1. The molecule has 7 nitrogen and oxygen atoms in total. The van der Waals surface area contributed by atoms with E-state index in [1.807, 2.05) is 37.3 Å². The molecule has 3 rings (SSSR count). The summed E-state index contributed by atoms with van der Waals surface area (Å²) in [4.78, 5) is 24.5. The van der Waals surface area contributed by atoms with Gasteiger partial charge in [-0.15, -0.1) is 0 Å². The predicted octanol–water partition coefficient (Wildman–Crippen LogP) is 2.86. The highest BCUT2D eigenvalue weighted by Gasteiger charge is 2.09. The van der Waals surface area contributed by atoms with Crippen LogP contribution in [0.15, 0.2) is 55.1 Å². The van der Waals surface area contributed by atoms with Crippen LogP contribution in [0.3, 0.4) is 0 Å². The third-order valence-electron chi connectivity index (χ3n) is 3.70. The summed E-state index contributed by atoms with van der Waals surface area (Å²) in [5.41, 5.74) is 3.09. The van der Waals surface area contributed by atoms with Gasteiger partial charge in [-0.25, -0.2) is 9.97 Å². The molecule has 0 unspecified atom stereocenters. The van der Waals surface area contributed by atoms with Crippen LogP contribution in [0.4, 0.5) is 11.5 Å². The van der Waals surface area contributed by atoms with E-state index in [1.165, 1.54) is 12.4 Å². The molecule has 0 aliphatic carbocycles. The maximum atomic E-state index is 12.2. The predicted molar refractivity (Wildman–Crippen MR) is 98.5 cm³/mol. The zero-order chi connectivity index (χ0) is 18.4. The van der Waals surface area contributed by atoms with Crippen LogP contribution in [-0.2, 0) is 6.54 Å². The number of methoxy groups -OCH3 is 1. The number of ether oxygens (including phenoxy) is 1. The van der Waals surface area contributed by atoms with Gasteiger partial charge in [0.05, 0.1) is 25.2 Å². The third kappa shape index (κ3) is 4.32. The van der Waals surface area contributed by atoms with E-state index in [4.69, 9.17) is 4.74 Å². The Balaban J connectivity index is 1.65. The first-order valence-corrected chi connectivity index (χ1v) is 8.06. The first kappa shape index (κ1) is 17.3. The molecule has 0 atom stereocenters. The van der Waals surface area contributed by atoms with Crippen molar-refractivity contribution in [2.45, 2.75) is 13.5 Å². The second kappa shape index (κ2) is 8.06. The number of carbonyl (C=O) groups excluding carboxylic acids is 1. The Morgan fingerprint density at radius 2 is 1.92 bits per heavy atom. The average Bonchev–Trinajstić information content (AvgIpc) is 2.68. The fourth-order valence-corrected chi connectivity index (χ4v) is 2.34. The van der Waals surface area contributed by atoms with E-state index < -0.39 is 0 Å². The quantitative estimate of drug-likeness (QED) is 0.711. The van der Waals surface area contributed by atoms with Crippen LogP contribution < -0.4 is 15.4 Å². The molecule has 132 valence electrons.